The lowest BCUT2D eigenvalue weighted by atomic mass is 9.98. The minimum atomic E-state index is -1.72. The van der Waals surface area contributed by atoms with Crippen LogP contribution in [0.5, 0.6) is 5.75 Å². The lowest BCUT2D eigenvalue weighted by molar-refractivity contribution is -0.525. The maximum atomic E-state index is 15.0. The van der Waals surface area contributed by atoms with Gasteiger partial charge in [-0.3, -0.25) is 28.8 Å². The van der Waals surface area contributed by atoms with Crippen molar-refractivity contribution in [3.05, 3.63) is 148 Å². The second-order valence-corrected chi connectivity index (χ2v) is 23.1. The number of hydrazine groups is 1. The van der Waals surface area contributed by atoms with E-state index in [9.17, 15) is 58.7 Å². The largest absolute Gasteiger partial charge is 0.489 e. The van der Waals surface area contributed by atoms with Crippen LogP contribution in [0.1, 0.15) is 113 Å². The number of aliphatic carboxylic acids is 1. The molecule has 28 heteroatoms. The number of hydrogen-bond donors (Lipinski definition) is 9. The molecule has 0 bridgehead atoms. The Balaban J connectivity index is 1.25. The van der Waals surface area contributed by atoms with Crippen molar-refractivity contribution in [1.82, 2.24) is 36.9 Å². The summed E-state index contributed by atoms with van der Waals surface area (Å²) in [6.45, 7) is 9.73. The van der Waals surface area contributed by atoms with Crippen LogP contribution in [0.3, 0.4) is 0 Å². The number of hydrogen-bond acceptors (Lipinski definition) is 18. The standard InChI is InChI=1S/C66H86N10O18/c1-8-34-91-64(85)57(58(89-7)43-27-29-44(30-28-43)92-37-42-19-10-9-11-20-42)72-60(81)52(31-32-53(78)79)75(6)63(84)51(36-39(2)3)70-59(80)50(25-18-33-68-65(67)74-76(87)88)69-62(83)56(41(5)94-54-26-16-17-35-90-54)71-61(82)55(40(4)77)73-66(86)93-38-49-47-23-14-12-21-45(47)46-22-13-15-24-48(46)49/h8-15,19-24,27-30,39-41,49-52,54-58,77H,1,16-18,25-26,31-38H2,2-7H3,(H,69,83)(H,70,80)(H,71,82)(H,72,81)(H,73,86)(H,78,79)(H3,67,68,74)/t40-,41-,50-,51+,52+,54?,55-,56-,57-,58-/m1/s1. The molecule has 0 spiro atoms. The number of aliphatic imine (C=N–C) groups is 1. The number of rotatable bonds is 36. The molecular formula is C66H86N10O18. The molecule has 0 saturated carbocycles. The number of carboxylic acid groups (broad SMARTS) is 1. The van der Waals surface area contributed by atoms with Crippen LogP contribution < -0.4 is 42.5 Å². The van der Waals surface area contributed by atoms with Gasteiger partial charge in [0.1, 0.15) is 61.9 Å². The van der Waals surface area contributed by atoms with Gasteiger partial charge in [0, 0.05) is 39.6 Å². The number of esters is 1. The number of alkyl carbamates (subject to hydrolysis) is 1. The van der Waals surface area contributed by atoms with E-state index in [2.05, 4.69) is 38.2 Å². The number of carbonyl (C=O) groups excluding carboxylic acids is 7. The summed E-state index contributed by atoms with van der Waals surface area (Å²) in [6.07, 6.45) is -4.34. The van der Waals surface area contributed by atoms with Gasteiger partial charge in [0.25, 0.3) is 5.96 Å². The molecule has 1 unspecified atom stereocenters. The van der Waals surface area contributed by atoms with Crippen molar-refractivity contribution in [1.29, 1.82) is 0 Å². The molecule has 6 rings (SSSR count). The number of nitrogens with zero attached hydrogens (tertiary/aromatic N) is 3. The van der Waals surface area contributed by atoms with Crippen molar-refractivity contribution in [2.75, 3.05) is 40.5 Å². The minimum absolute atomic E-state index is 0.0865. The van der Waals surface area contributed by atoms with Gasteiger partial charge in [0.2, 0.25) is 29.5 Å². The number of nitro groups is 1. The summed E-state index contributed by atoms with van der Waals surface area (Å²) in [6, 6.07) is 21.6. The number of guanidine groups is 1. The number of nitrogens with one attached hydrogen (secondary N) is 6. The number of fused-ring (bicyclic) bond motifs is 3. The number of nitrogens with two attached hydrogens (primary N) is 1. The number of methoxy groups -OCH3 is 1. The van der Waals surface area contributed by atoms with E-state index >= 15 is 0 Å². The molecule has 0 radical (unpaired) electrons. The summed E-state index contributed by atoms with van der Waals surface area (Å²) < 4.78 is 34.8. The van der Waals surface area contributed by atoms with Crippen molar-refractivity contribution < 1.29 is 82.0 Å². The Hall–Kier alpha value is -9.51. The average molecular weight is 1310 g/mol. The van der Waals surface area contributed by atoms with E-state index in [-0.39, 0.29) is 57.5 Å². The topological polar surface area (TPSA) is 389 Å². The van der Waals surface area contributed by atoms with Crippen LogP contribution in [-0.4, -0.2) is 169 Å². The fourth-order valence-corrected chi connectivity index (χ4v) is 10.9. The Labute approximate surface area is 545 Å². The summed E-state index contributed by atoms with van der Waals surface area (Å²) >= 11 is 0. The smallest absolute Gasteiger partial charge is 0.407 e. The third-order valence-electron chi connectivity index (χ3n) is 15.7. The Morgan fingerprint density at radius 2 is 1.41 bits per heavy atom. The van der Waals surface area contributed by atoms with Crippen LogP contribution in [0.25, 0.3) is 11.1 Å². The van der Waals surface area contributed by atoms with Crippen molar-refractivity contribution in [3.8, 4) is 16.9 Å². The Morgan fingerprint density at radius 3 is 2.01 bits per heavy atom. The molecule has 1 aliphatic heterocycles. The predicted octanol–water partition coefficient (Wildman–Crippen LogP) is 4.46. The summed E-state index contributed by atoms with van der Waals surface area (Å²) in [7, 11) is 2.52. The highest BCUT2D eigenvalue weighted by atomic mass is 16.7. The number of benzene rings is 4. The van der Waals surface area contributed by atoms with E-state index in [1.807, 2.05) is 78.9 Å². The third kappa shape index (κ3) is 21.8. The molecule has 94 heavy (non-hydrogen) atoms. The van der Waals surface area contributed by atoms with Gasteiger partial charge in [-0.05, 0) is 110 Å². The first-order valence-corrected chi connectivity index (χ1v) is 31.0. The van der Waals surface area contributed by atoms with Crippen LogP contribution in [0, 0.1) is 16.0 Å². The number of carbonyl (C=O) groups is 8. The molecule has 1 aliphatic carbocycles. The highest BCUT2D eigenvalue weighted by Gasteiger charge is 2.41. The van der Waals surface area contributed by atoms with Crippen LogP contribution in [0.2, 0.25) is 0 Å². The zero-order valence-electron chi connectivity index (χ0n) is 53.6. The zero-order chi connectivity index (χ0) is 68.4. The number of likely N-dealkylation sites (N-methyl/N-ethyl adjacent to an activating group) is 1. The summed E-state index contributed by atoms with van der Waals surface area (Å²) in [5, 5.41) is 44.0. The van der Waals surface area contributed by atoms with Gasteiger partial charge in [-0.2, -0.15) is 0 Å². The number of ether oxygens (including phenoxy) is 6. The van der Waals surface area contributed by atoms with Crippen molar-refractivity contribution in [3.63, 3.8) is 0 Å². The monoisotopic (exact) mass is 1310 g/mol. The number of aliphatic hydroxyl groups is 1. The quantitative estimate of drug-likeness (QED) is 0.00577. The molecule has 1 fully saturated rings. The van der Waals surface area contributed by atoms with Crippen molar-refractivity contribution >= 4 is 53.5 Å². The van der Waals surface area contributed by atoms with Crippen LogP contribution in [0.15, 0.2) is 121 Å². The summed E-state index contributed by atoms with van der Waals surface area (Å²) in [5.74, 6) is -8.04. The second kappa shape index (κ2) is 36.7. The molecule has 10 atom stereocenters. The fourth-order valence-electron chi connectivity index (χ4n) is 10.9. The van der Waals surface area contributed by atoms with E-state index in [4.69, 9.17) is 34.2 Å². The average Bonchev–Trinajstić information content (AvgIpc) is 1.61. The van der Waals surface area contributed by atoms with E-state index in [0.717, 1.165) is 39.1 Å². The lowest BCUT2D eigenvalue weighted by Gasteiger charge is -2.34. The fraction of sp³-hybridized carbons (Fsp3) is 0.470. The number of aliphatic hydroxyl groups excluding tert-OH is 1. The van der Waals surface area contributed by atoms with Gasteiger partial charge >= 0.3 is 18.0 Å². The number of amides is 6. The van der Waals surface area contributed by atoms with E-state index in [1.54, 1.807) is 43.5 Å². The van der Waals surface area contributed by atoms with Gasteiger partial charge in [-0.25, -0.2) is 24.7 Å². The maximum Gasteiger partial charge on any atom is 0.407 e. The first kappa shape index (κ1) is 73.5. The highest BCUT2D eigenvalue weighted by Crippen LogP contribution is 2.44. The predicted molar refractivity (Wildman–Crippen MR) is 342 cm³/mol. The third-order valence-corrected chi connectivity index (χ3v) is 15.7. The van der Waals surface area contributed by atoms with Crippen LogP contribution >= 0.6 is 0 Å². The summed E-state index contributed by atoms with van der Waals surface area (Å²) in [4.78, 5) is 129. The zero-order valence-corrected chi connectivity index (χ0v) is 53.6. The van der Waals surface area contributed by atoms with Gasteiger partial charge in [-0.15, -0.1) is 0 Å². The molecule has 28 nitrogen and oxygen atoms in total. The van der Waals surface area contributed by atoms with Gasteiger partial charge in [0.15, 0.2) is 17.4 Å². The van der Waals surface area contributed by atoms with Crippen molar-refractivity contribution in [2.45, 2.75) is 152 Å². The van der Waals surface area contributed by atoms with Gasteiger partial charge < -0.3 is 75.9 Å². The van der Waals surface area contributed by atoms with Gasteiger partial charge in [0.05, 0.1) is 12.2 Å². The molecule has 4 aromatic carbocycles. The first-order chi connectivity index (χ1) is 45.0. The van der Waals surface area contributed by atoms with Crippen LogP contribution in [0.4, 0.5) is 4.79 Å². The molecule has 1 saturated heterocycles. The molecule has 0 aromatic heterocycles. The maximum absolute atomic E-state index is 15.0. The molecule has 508 valence electrons. The highest BCUT2D eigenvalue weighted by molar-refractivity contribution is 5.97. The summed E-state index contributed by atoms with van der Waals surface area (Å²) in [5.41, 5.74) is 12.5. The van der Waals surface area contributed by atoms with Crippen molar-refractivity contribution in [2.24, 2.45) is 16.6 Å². The Bertz CT molecular complexity index is 3210. The molecule has 6 amide bonds. The molecule has 10 N–H and O–H groups in total. The SMILES string of the molecule is C=CCOC(=O)[C@H](NC(=O)[C@H](CCC(=O)O)N(C)C(=O)[C@H](CC(C)C)NC(=O)[C@@H](CCCN=C(N)N[N+](=O)[O-])NC(=O)[C@H](NC(=O)[C@H](NC(=O)OCC1c2ccccc2-c2ccccc21)[C@@H](C)O)[C@@H](C)OC1CCCCO1)[C@H](OC)c1ccc(OCc2ccccc2)cc1. The van der Waals surface area contributed by atoms with E-state index in [1.165, 1.54) is 34.1 Å². The van der Waals surface area contributed by atoms with E-state index < -0.39 is 132 Å². The lowest BCUT2D eigenvalue weighted by Crippen LogP contribution is -2.62. The molecule has 4 aromatic rings. The second-order valence-electron chi connectivity index (χ2n) is 23.1. The van der Waals surface area contributed by atoms with Gasteiger partial charge in [-0.1, -0.05) is 123 Å². The Kier molecular flexibility index (Phi) is 28.7. The molecule has 1 heterocycles. The minimum Gasteiger partial charge on any atom is -0.489 e. The molecule has 2 aliphatic rings. The number of carboxylic acids is 1. The molecular weight excluding hydrogens is 1220 g/mol. The normalized spacial score (nSPS) is 16.5. The van der Waals surface area contributed by atoms with Crippen LogP contribution in [-0.2, 0) is 63.9 Å². The van der Waals surface area contributed by atoms with E-state index in [0.29, 0.717) is 30.8 Å². The first-order valence-electron chi connectivity index (χ1n) is 31.0. The Morgan fingerprint density at radius 1 is 0.787 bits per heavy atom.